The summed E-state index contributed by atoms with van der Waals surface area (Å²) in [6.07, 6.45) is 4.44. The van der Waals surface area contributed by atoms with E-state index in [-0.39, 0.29) is 0 Å². The molecular weight excluding hydrogens is 172 g/mol. The van der Waals surface area contributed by atoms with Gasteiger partial charge in [-0.15, -0.1) is 0 Å². The summed E-state index contributed by atoms with van der Waals surface area (Å²) in [5, 5.41) is 5.69. The molecule has 74 valence electrons. The molecule has 0 amide bonds. The zero-order valence-corrected chi connectivity index (χ0v) is 9.04. The van der Waals surface area contributed by atoms with E-state index in [1.165, 1.54) is 22.9 Å². The molecule has 0 saturated carbocycles. The van der Waals surface area contributed by atoms with Crippen LogP contribution in [-0.2, 0) is 13.5 Å². The summed E-state index contributed by atoms with van der Waals surface area (Å²) < 4.78 is 1.88. The maximum absolute atomic E-state index is 4.43. The van der Waals surface area contributed by atoms with Crippen LogP contribution in [-0.4, -0.2) is 9.78 Å². The van der Waals surface area contributed by atoms with E-state index in [2.05, 4.69) is 37.3 Å². The van der Waals surface area contributed by atoms with Crippen molar-refractivity contribution in [3.8, 4) is 0 Å². The largest absolute Gasteiger partial charge is 0.275 e. The van der Waals surface area contributed by atoms with Gasteiger partial charge in [0.1, 0.15) is 0 Å². The number of hydrogen-bond acceptors (Lipinski definition) is 1. The predicted octanol–water partition coefficient (Wildman–Crippen LogP) is 2.83. The van der Waals surface area contributed by atoms with E-state index < -0.39 is 0 Å². The number of aryl methyl sites for hydroxylation is 3. The molecule has 14 heavy (non-hydrogen) atoms. The van der Waals surface area contributed by atoms with Crippen LogP contribution in [0, 0.1) is 6.92 Å². The topological polar surface area (TPSA) is 17.8 Å². The van der Waals surface area contributed by atoms with Gasteiger partial charge in [0, 0.05) is 18.6 Å². The van der Waals surface area contributed by atoms with E-state index in [0.29, 0.717) is 0 Å². The smallest absolute Gasteiger partial charge is 0.0952 e. The molecule has 0 aliphatic rings. The standard InChI is InChI=1S/C12H16N2/c1-4-5-10-6-9(2)12-11(7-10)8-14(3)13-12/h6-8H,4-5H2,1-3H3. The Labute approximate surface area is 84.5 Å². The van der Waals surface area contributed by atoms with E-state index in [1.54, 1.807) is 0 Å². The number of hydrogen-bond donors (Lipinski definition) is 0. The first-order chi connectivity index (χ1) is 6.70. The van der Waals surface area contributed by atoms with Crippen molar-refractivity contribution in [2.45, 2.75) is 26.7 Å². The molecule has 2 rings (SSSR count). The first-order valence-electron chi connectivity index (χ1n) is 5.13. The van der Waals surface area contributed by atoms with Gasteiger partial charge in [0.05, 0.1) is 5.52 Å². The Hall–Kier alpha value is -1.31. The van der Waals surface area contributed by atoms with Crippen molar-refractivity contribution < 1.29 is 0 Å². The molecule has 2 nitrogen and oxygen atoms in total. The van der Waals surface area contributed by atoms with Crippen molar-refractivity contribution >= 4 is 10.9 Å². The maximum Gasteiger partial charge on any atom is 0.0952 e. The van der Waals surface area contributed by atoms with Gasteiger partial charge in [-0.3, -0.25) is 4.68 Å². The second kappa shape index (κ2) is 3.45. The van der Waals surface area contributed by atoms with Crippen LogP contribution in [0.2, 0.25) is 0 Å². The van der Waals surface area contributed by atoms with E-state index in [4.69, 9.17) is 0 Å². The zero-order chi connectivity index (χ0) is 10.1. The molecule has 1 aromatic heterocycles. The highest BCUT2D eigenvalue weighted by Gasteiger charge is 2.03. The Morgan fingerprint density at radius 3 is 2.86 bits per heavy atom. The lowest BCUT2D eigenvalue weighted by molar-refractivity contribution is 0.779. The van der Waals surface area contributed by atoms with Crippen molar-refractivity contribution in [3.05, 3.63) is 29.5 Å². The Bertz CT molecular complexity index is 455. The fourth-order valence-corrected chi connectivity index (χ4v) is 1.94. The molecule has 0 aliphatic heterocycles. The van der Waals surface area contributed by atoms with E-state index in [9.17, 15) is 0 Å². The molecule has 0 saturated heterocycles. The number of rotatable bonds is 2. The Morgan fingerprint density at radius 1 is 1.36 bits per heavy atom. The Morgan fingerprint density at radius 2 is 2.14 bits per heavy atom. The lowest BCUT2D eigenvalue weighted by atomic mass is 10.0. The number of nitrogens with zero attached hydrogens (tertiary/aromatic N) is 2. The van der Waals surface area contributed by atoms with Crippen molar-refractivity contribution in [2.75, 3.05) is 0 Å². The second-order valence-electron chi connectivity index (χ2n) is 3.90. The highest BCUT2D eigenvalue weighted by atomic mass is 15.2. The quantitative estimate of drug-likeness (QED) is 0.708. The van der Waals surface area contributed by atoms with Gasteiger partial charge in [0.25, 0.3) is 0 Å². The SMILES string of the molecule is CCCc1cc(C)c2nn(C)cc2c1. The van der Waals surface area contributed by atoms with Crippen LogP contribution in [0.4, 0.5) is 0 Å². The summed E-state index contributed by atoms with van der Waals surface area (Å²) in [5.41, 5.74) is 3.84. The number of fused-ring (bicyclic) bond motifs is 1. The molecule has 0 bridgehead atoms. The normalized spacial score (nSPS) is 11.1. The molecule has 0 atom stereocenters. The highest BCUT2D eigenvalue weighted by molar-refractivity contribution is 5.82. The molecule has 2 aromatic rings. The molecular formula is C12H16N2. The van der Waals surface area contributed by atoms with Crippen LogP contribution < -0.4 is 0 Å². The van der Waals surface area contributed by atoms with Crippen molar-refractivity contribution in [2.24, 2.45) is 7.05 Å². The first-order valence-corrected chi connectivity index (χ1v) is 5.13. The van der Waals surface area contributed by atoms with Gasteiger partial charge in [0.2, 0.25) is 0 Å². The Kier molecular flexibility index (Phi) is 2.28. The number of benzene rings is 1. The highest BCUT2D eigenvalue weighted by Crippen LogP contribution is 2.19. The monoisotopic (exact) mass is 188 g/mol. The van der Waals surface area contributed by atoms with Gasteiger partial charge >= 0.3 is 0 Å². The van der Waals surface area contributed by atoms with Gasteiger partial charge in [-0.25, -0.2) is 0 Å². The van der Waals surface area contributed by atoms with Gasteiger partial charge < -0.3 is 0 Å². The zero-order valence-electron chi connectivity index (χ0n) is 9.04. The second-order valence-corrected chi connectivity index (χ2v) is 3.90. The molecule has 0 spiro atoms. The minimum atomic E-state index is 1.13. The summed E-state index contributed by atoms with van der Waals surface area (Å²) in [5.74, 6) is 0. The maximum atomic E-state index is 4.43. The molecule has 0 N–H and O–H groups in total. The summed E-state index contributed by atoms with van der Waals surface area (Å²) in [7, 11) is 1.97. The van der Waals surface area contributed by atoms with Crippen LogP contribution in [0.5, 0.6) is 0 Å². The van der Waals surface area contributed by atoms with Crippen molar-refractivity contribution in [1.29, 1.82) is 0 Å². The summed E-state index contributed by atoms with van der Waals surface area (Å²) in [6, 6.07) is 4.50. The van der Waals surface area contributed by atoms with Crippen LogP contribution in [0.25, 0.3) is 10.9 Å². The minimum Gasteiger partial charge on any atom is -0.275 e. The molecule has 0 aliphatic carbocycles. The molecule has 1 aromatic carbocycles. The van der Waals surface area contributed by atoms with E-state index >= 15 is 0 Å². The number of aromatic nitrogens is 2. The van der Waals surface area contributed by atoms with Gasteiger partial charge in [-0.05, 0) is 30.5 Å². The molecule has 1 heterocycles. The summed E-state index contributed by atoms with van der Waals surface area (Å²) >= 11 is 0. The third-order valence-corrected chi connectivity index (χ3v) is 2.51. The molecule has 0 fully saturated rings. The van der Waals surface area contributed by atoms with E-state index in [0.717, 1.165) is 11.9 Å². The third-order valence-electron chi connectivity index (χ3n) is 2.51. The van der Waals surface area contributed by atoms with Crippen LogP contribution in [0.15, 0.2) is 18.3 Å². The van der Waals surface area contributed by atoms with Crippen molar-refractivity contribution in [1.82, 2.24) is 9.78 Å². The minimum absolute atomic E-state index is 1.13. The lowest BCUT2D eigenvalue weighted by Crippen LogP contribution is -1.87. The first kappa shape index (κ1) is 9.25. The van der Waals surface area contributed by atoms with E-state index in [1.807, 2.05) is 11.7 Å². The fourth-order valence-electron chi connectivity index (χ4n) is 1.94. The summed E-state index contributed by atoms with van der Waals surface area (Å²) in [6.45, 7) is 4.34. The lowest BCUT2D eigenvalue weighted by Gasteiger charge is -2.00. The molecule has 0 unspecified atom stereocenters. The average molecular weight is 188 g/mol. The Balaban J connectivity index is 2.59. The van der Waals surface area contributed by atoms with Gasteiger partial charge in [0.15, 0.2) is 0 Å². The summed E-state index contributed by atoms with van der Waals surface area (Å²) in [4.78, 5) is 0. The molecule has 2 heteroatoms. The van der Waals surface area contributed by atoms with Crippen LogP contribution in [0.1, 0.15) is 24.5 Å². The average Bonchev–Trinajstić information content (AvgIpc) is 2.47. The third kappa shape index (κ3) is 1.52. The van der Waals surface area contributed by atoms with Crippen LogP contribution in [0.3, 0.4) is 0 Å². The molecule has 0 radical (unpaired) electrons. The fraction of sp³-hybridized carbons (Fsp3) is 0.417. The van der Waals surface area contributed by atoms with Crippen LogP contribution >= 0.6 is 0 Å². The predicted molar refractivity (Wildman–Crippen MR) is 59.4 cm³/mol. The van der Waals surface area contributed by atoms with Gasteiger partial charge in [-0.1, -0.05) is 19.4 Å². The van der Waals surface area contributed by atoms with Crippen molar-refractivity contribution in [3.63, 3.8) is 0 Å². The van der Waals surface area contributed by atoms with Gasteiger partial charge in [-0.2, -0.15) is 5.10 Å².